The van der Waals surface area contributed by atoms with Gasteiger partial charge in [0.05, 0.1) is 6.20 Å². The lowest BCUT2D eigenvalue weighted by Gasteiger charge is -2.25. The monoisotopic (exact) mass is 209 g/mol. The quantitative estimate of drug-likeness (QED) is 0.804. The molecule has 0 aliphatic carbocycles. The van der Waals surface area contributed by atoms with Gasteiger partial charge in [0.1, 0.15) is 0 Å². The van der Waals surface area contributed by atoms with Gasteiger partial charge in [-0.25, -0.2) is 4.98 Å². The van der Waals surface area contributed by atoms with E-state index < -0.39 is 0 Å². The lowest BCUT2D eigenvalue weighted by molar-refractivity contribution is 0.743. The number of hydrogen-bond acceptors (Lipinski definition) is 3. The van der Waals surface area contributed by atoms with Crippen LogP contribution in [-0.4, -0.2) is 33.6 Å². The van der Waals surface area contributed by atoms with Crippen LogP contribution in [0.5, 0.6) is 0 Å². The maximum atomic E-state index is 4.45. The average molecular weight is 209 g/mol. The second-order valence-corrected chi connectivity index (χ2v) is 5.42. The molecule has 2 aliphatic heterocycles. The van der Waals surface area contributed by atoms with E-state index in [1.54, 1.807) is 0 Å². The maximum Gasteiger partial charge on any atom is 0.203 e. The number of hydrogen-bond donors (Lipinski definition) is 1. The first-order chi connectivity index (χ1) is 6.86. The number of aromatic nitrogens is 2. The molecule has 2 bridgehead atoms. The van der Waals surface area contributed by atoms with E-state index in [1.165, 1.54) is 24.4 Å². The summed E-state index contributed by atoms with van der Waals surface area (Å²) in [5.41, 5.74) is 1.25. The van der Waals surface area contributed by atoms with Crippen molar-refractivity contribution >= 4 is 17.7 Å². The topological polar surface area (TPSA) is 31.9 Å². The first kappa shape index (κ1) is 8.65. The van der Waals surface area contributed by atoms with Gasteiger partial charge >= 0.3 is 0 Å². The number of rotatable bonds is 2. The molecular formula is C10H15N3S. The van der Waals surface area contributed by atoms with Crippen LogP contribution in [0.3, 0.4) is 0 Å². The van der Waals surface area contributed by atoms with Gasteiger partial charge in [-0.2, -0.15) is 11.8 Å². The largest absolute Gasteiger partial charge is 0.337 e. The zero-order valence-electron chi connectivity index (χ0n) is 8.36. The summed E-state index contributed by atoms with van der Waals surface area (Å²) >= 11 is 2.12. The minimum atomic E-state index is 0.737. The minimum Gasteiger partial charge on any atom is -0.337 e. The molecular weight excluding hydrogens is 194 g/mol. The summed E-state index contributed by atoms with van der Waals surface area (Å²) in [4.78, 5) is 10.3. The second kappa shape index (κ2) is 3.19. The molecule has 1 N–H and O–H groups in total. The smallest absolute Gasteiger partial charge is 0.203 e. The standard InChI is InChI=1S/C10H15N3S/c1-2-7-4-11-10(12-7)13-5-9-3-8(13)6-14-9/h4,8-9H,2-3,5-6H2,1H3,(H,11,12). The molecule has 0 aromatic carbocycles. The summed E-state index contributed by atoms with van der Waals surface area (Å²) in [5, 5.41) is 0.857. The highest BCUT2D eigenvalue weighted by molar-refractivity contribution is 8.00. The Bertz CT molecular complexity index is 336. The van der Waals surface area contributed by atoms with Crippen LogP contribution in [0.2, 0.25) is 0 Å². The van der Waals surface area contributed by atoms with Crippen molar-refractivity contribution in [3.63, 3.8) is 0 Å². The van der Waals surface area contributed by atoms with Crippen LogP contribution < -0.4 is 4.90 Å². The Labute approximate surface area is 88.3 Å². The summed E-state index contributed by atoms with van der Waals surface area (Å²) in [6.45, 7) is 3.34. The fourth-order valence-electron chi connectivity index (χ4n) is 2.33. The van der Waals surface area contributed by atoms with Crippen LogP contribution in [-0.2, 0) is 6.42 Å². The fourth-order valence-corrected chi connectivity index (χ4v) is 3.77. The van der Waals surface area contributed by atoms with Crippen molar-refractivity contribution in [2.24, 2.45) is 0 Å². The molecule has 4 heteroatoms. The maximum absolute atomic E-state index is 4.45. The first-order valence-corrected chi connectivity index (χ1v) is 6.34. The third kappa shape index (κ3) is 1.24. The van der Waals surface area contributed by atoms with Crippen LogP contribution in [0.4, 0.5) is 5.95 Å². The minimum absolute atomic E-state index is 0.737. The lowest BCUT2D eigenvalue weighted by atomic mass is 10.2. The summed E-state index contributed by atoms with van der Waals surface area (Å²) in [7, 11) is 0. The van der Waals surface area contributed by atoms with E-state index in [0.717, 1.165) is 23.7 Å². The van der Waals surface area contributed by atoms with Crippen molar-refractivity contribution in [3.05, 3.63) is 11.9 Å². The summed E-state index contributed by atoms with van der Waals surface area (Å²) < 4.78 is 0. The van der Waals surface area contributed by atoms with Crippen molar-refractivity contribution in [2.75, 3.05) is 17.2 Å². The molecule has 76 valence electrons. The van der Waals surface area contributed by atoms with E-state index in [2.05, 4.69) is 33.6 Å². The van der Waals surface area contributed by atoms with E-state index in [-0.39, 0.29) is 0 Å². The van der Waals surface area contributed by atoms with Gasteiger partial charge in [-0.15, -0.1) is 0 Å². The average Bonchev–Trinajstić information content (AvgIpc) is 2.93. The number of anilines is 1. The summed E-state index contributed by atoms with van der Waals surface area (Å²) in [5.74, 6) is 2.38. The van der Waals surface area contributed by atoms with Gasteiger partial charge in [-0.3, -0.25) is 0 Å². The van der Waals surface area contributed by atoms with Crippen molar-refractivity contribution in [2.45, 2.75) is 31.1 Å². The Hall–Kier alpha value is -0.640. The highest BCUT2D eigenvalue weighted by Crippen LogP contribution is 2.38. The Kier molecular flexibility index (Phi) is 1.97. The molecule has 2 atom stereocenters. The van der Waals surface area contributed by atoms with Gasteiger partial charge in [0.2, 0.25) is 5.95 Å². The normalized spacial score (nSPS) is 30.2. The van der Waals surface area contributed by atoms with Crippen molar-refractivity contribution < 1.29 is 0 Å². The molecule has 2 aliphatic rings. The zero-order valence-corrected chi connectivity index (χ0v) is 9.18. The molecule has 3 rings (SSSR count). The molecule has 3 heterocycles. The predicted molar refractivity (Wildman–Crippen MR) is 60.0 cm³/mol. The highest BCUT2D eigenvalue weighted by atomic mass is 32.2. The van der Waals surface area contributed by atoms with E-state index in [9.17, 15) is 0 Å². The second-order valence-electron chi connectivity index (χ2n) is 4.08. The van der Waals surface area contributed by atoms with Crippen molar-refractivity contribution in [1.82, 2.24) is 9.97 Å². The molecule has 0 radical (unpaired) electrons. The molecule has 2 saturated heterocycles. The Morgan fingerprint density at radius 3 is 3.21 bits per heavy atom. The molecule has 2 fully saturated rings. The Morgan fingerprint density at radius 2 is 2.64 bits per heavy atom. The molecule has 1 aromatic rings. The number of H-pyrrole nitrogens is 1. The third-order valence-electron chi connectivity index (χ3n) is 3.17. The van der Waals surface area contributed by atoms with E-state index in [4.69, 9.17) is 0 Å². The van der Waals surface area contributed by atoms with Crippen LogP contribution in [0.15, 0.2) is 6.20 Å². The molecule has 14 heavy (non-hydrogen) atoms. The number of nitrogens with one attached hydrogen (secondary N) is 1. The number of imidazole rings is 1. The molecule has 0 amide bonds. The number of aromatic amines is 1. The van der Waals surface area contributed by atoms with Gasteiger partial charge in [0.25, 0.3) is 0 Å². The van der Waals surface area contributed by atoms with Crippen LogP contribution in [0.1, 0.15) is 19.0 Å². The SMILES string of the molecule is CCc1cnc(N2CC3CC2CS3)[nH]1. The van der Waals surface area contributed by atoms with Gasteiger partial charge in [0, 0.05) is 29.3 Å². The molecule has 0 spiro atoms. The summed E-state index contributed by atoms with van der Waals surface area (Å²) in [6, 6.07) is 0.737. The van der Waals surface area contributed by atoms with Crippen LogP contribution in [0.25, 0.3) is 0 Å². The van der Waals surface area contributed by atoms with E-state index in [0.29, 0.717) is 0 Å². The van der Waals surface area contributed by atoms with Gasteiger partial charge in [-0.05, 0) is 12.8 Å². The number of aryl methyl sites for hydroxylation is 1. The fraction of sp³-hybridized carbons (Fsp3) is 0.700. The zero-order chi connectivity index (χ0) is 9.54. The van der Waals surface area contributed by atoms with Gasteiger partial charge in [-0.1, -0.05) is 6.92 Å². The molecule has 3 nitrogen and oxygen atoms in total. The molecule has 2 unspecified atom stereocenters. The van der Waals surface area contributed by atoms with Crippen molar-refractivity contribution in [1.29, 1.82) is 0 Å². The van der Waals surface area contributed by atoms with Gasteiger partial charge < -0.3 is 9.88 Å². The number of nitrogens with zero attached hydrogens (tertiary/aromatic N) is 2. The van der Waals surface area contributed by atoms with Crippen molar-refractivity contribution in [3.8, 4) is 0 Å². The summed E-state index contributed by atoms with van der Waals surface area (Å²) in [6.07, 6.45) is 4.37. The van der Waals surface area contributed by atoms with E-state index in [1.807, 2.05) is 6.20 Å². The number of fused-ring (bicyclic) bond motifs is 2. The van der Waals surface area contributed by atoms with Crippen LogP contribution >= 0.6 is 11.8 Å². The number of thioether (sulfide) groups is 1. The first-order valence-electron chi connectivity index (χ1n) is 5.29. The Balaban J connectivity index is 1.82. The third-order valence-corrected chi connectivity index (χ3v) is 4.56. The highest BCUT2D eigenvalue weighted by Gasteiger charge is 2.39. The van der Waals surface area contributed by atoms with E-state index >= 15 is 0 Å². The Morgan fingerprint density at radius 1 is 1.71 bits per heavy atom. The lowest BCUT2D eigenvalue weighted by Crippen LogP contribution is -2.34. The van der Waals surface area contributed by atoms with Crippen LogP contribution in [0, 0.1) is 0 Å². The molecule has 0 saturated carbocycles. The van der Waals surface area contributed by atoms with Gasteiger partial charge in [0.15, 0.2) is 0 Å². The predicted octanol–water partition coefficient (Wildman–Crippen LogP) is 1.67. The molecule has 1 aromatic heterocycles.